The first kappa shape index (κ1) is 26.2. The second-order valence-corrected chi connectivity index (χ2v) is 8.14. The van der Waals surface area contributed by atoms with Gasteiger partial charge in [0.25, 0.3) is 5.56 Å². The number of nitrogens with zero attached hydrogens (tertiary/aromatic N) is 5. The van der Waals surface area contributed by atoms with Gasteiger partial charge in [0.15, 0.2) is 17.5 Å². The Hall–Kier alpha value is -3.41. The molecule has 0 amide bonds. The molecule has 0 bridgehead atoms. The molecule has 0 radical (unpaired) electrons. The van der Waals surface area contributed by atoms with Crippen LogP contribution in [0.5, 0.6) is 0 Å². The summed E-state index contributed by atoms with van der Waals surface area (Å²) in [5, 5.41) is 0.433. The molecule has 1 aromatic carbocycles. The minimum Gasteiger partial charge on any atom is -0.358 e. The number of rotatable bonds is 11. The SMILES string of the molecule is C=Nc1c(N(CCc2cccc(F)c2F)Cc2ccc(Cl)cn2)c(=O)n(CCCON)c(=O)n1C. The van der Waals surface area contributed by atoms with Crippen LogP contribution in [0.4, 0.5) is 20.3 Å². The van der Waals surface area contributed by atoms with E-state index >= 15 is 0 Å². The number of nitrogens with two attached hydrogens (primary N) is 1. The second-order valence-electron chi connectivity index (χ2n) is 7.71. The third-order valence-electron chi connectivity index (χ3n) is 5.43. The lowest BCUT2D eigenvalue weighted by molar-refractivity contribution is 0.131. The van der Waals surface area contributed by atoms with Gasteiger partial charge in [-0.2, -0.15) is 0 Å². The van der Waals surface area contributed by atoms with Crippen molar-refractivity contribution in [2.24, 2.45) is 17.9 Å². The highest BCUT2D eigenvalue weighted by Crippen LogP contribution is 2.25. The van der Waals surface area contributed by atoms with Crippen molar-refractivity contribution in [1.29, 1.82) is 0 Å². The van der Waals surface area contributed by atoms with Crippen LogP contribution in [0.25, 0.3) is 0 Å². The van der Waals surface area contributed by atoms with Crippen LogP contribution in [0, 0.1) is 11.6 Å². The number of hydrogen-bond acceptors (Lipinski definition) is 7. The second kappa shape index (κ2) is 11.8. The van der Waals surface area contributed by atoms with Crippen LogP contribution in [0.1, 0.15) is 17.7 Å². The number of halogens is 3. The van der Waals surface area contributed by atoms with Crippen LogP contribution in [0.15, 0.2) is 51.1 Å². The maximum atomic E-state index is 14.3. The summed E-state index contributed by atoms with van der Waals surface area (Å²) in [6.07, 6.45) is 1.84. The number of aromatic nitrogens is 3. The van der Waals surface area contributed by atoms with E-state index in [1.807, 2.05) is 0 Å². The summed E-state index contributed by atoms with van der Waals surface area (Å²) in [6.45, 7) is 3.91. The number of aliphatic imine (C=N–C) groups is 1. The lowest BCUT2D eigenvalue weighted by Crippen LogP contribution is -2.43. The summed E-state index contributed by atoms with van der Waals surface area (Å²) < 4.78 is 30.3. The third kappa shape index (κ3) is 5.99. The van der Waals surface area contributed by atoms with E-state index in [2.05, 4.69) is 21.5 Å². The van der Waals surface area contributed by atoms with Gasteiger partial charge in [0, 0.05) is 26.3 Å². The average Bonchev–Trinajstić information content (AvgIpc) is 2.85. The van der Waals surface area contributed by atoms with E-state index < -0.39 is 22.9 Å². The van der Waals surface area contributed by atoms with Crippen molar-refractivity contribution in [2.45, 2.75) is 25.9 Å². The first-order valence-electron chi connectivity index (χ1n) is 10.7. The fraction of sp³-hybridized carbons (Fsp3) is 0.304. The number of pyridine rings is 1. The minimum atomic E-state index is -0.964. The number of hydrogen-bond donors (Lipinski definition) is 1. The predicted octanol–water partition coefficient (Wildman–Crippen LogP) is 2.74. The smallest absolute Gasteiger partial charge is 0.332 e. The highest BCUT2D eigenvalue weighted by molar-refractivity contribution is 6.30. The molecule has 35 heavy (non-hydrogen) atoms. The van der Waals surface area contributed by atoms with Gasteiger partial charge in [-0.05, 0) is 43.3 Å². The van der Waals surface area contributed by atoms with Crippen molar-refractivity contribution in [3.63, 3.8) is 0 Å². The molecule has 0 aliphatic heterocycles. The summed E-state index contributed by atoms with van der Waals surface area (Å²) in [7, 11) is 1.47. The zero-order chi connectivity index (χ0) is 25.5. The van der Waals surface area contributed by atoms with E-state index in [-0.39, 0.29) is 49.7 Å². The molecular formula is C23H25ClF2N6O3. The normalized spacial score (nSPS) is 11.0. The molecule has 2 aromatic heterocycles. The zero-order valence-corrected chi connectivity index (χ0v) is 19.8. The Balaban J connectivity index is 2.10. The standard InChI is InChI=1S/C23H25ClF2N6O3/c1-28-21-20(22(33)32(10-4-12-35-27)23(34)30(21)2)31(14-17-8-7-16(24)13-29-17)11-9-15-5-3-6-18(25)19(15)26/h3,5-8,13H,1,4,9-12,14,27H2,2H3. The van der Waals surface area contributed by atoms with Gasteiger partial charge in [-0.25, -0.2) is 24.5 Å². The molecule has 9 nitrogen and oxygen atoms in total. The molecule has 2 N–H and O–H groups in total. The van der Waals surface area contributed by atoms with Gasteiger partial charge in [0.05, 0.1) is 23.9 Å². The van der Waals surface area contributed by atoms with Gasteiger partial charge < -0.3 is 9.74 Å². The molecule has 0 saturated heterocycles. The summed E-state index contributed by atoms with van der Waals surface area (Å²) >= 11 is 5.94. The molecule has 0 saturated carbocycles. The Morgan fingerprint density at radius 2 is 2.03 bits per heavy atom. The van der Waals surface area contributed by atoms with Crippen LogP contribution in [-0.2, 0) is 31.4 Å². The molecule has 2 heterocycles. The quantitative estimate of drug-likeness (QED) is 0.243. The highest BCUT2D eigenvalue weighted by Gasteiger charge is 2.23. The van der Waals surface area contributed by atoms with Crippen LogP contribution in [-0.4, -0.2) is 34.0 Å². The van der Waals surface area contributed by atoms with Gasteiger partial charge in [0.1, 0.15) is 5.69 Å². The fourth-order valence-electron chi connectivity index (χ4n) is 3.66. The molecule has 3 aromatic rings. The lowest BCUT2D eigenvalue weighted by atomic mass is 10.1. The van der Waals surface area contributed by atoms with Gasteiger partial charge in [-0.3, -0.25) is 18.9 Å². The molecule has 0 spiro atoms. The van der Waals surface area contributed by atoms with Crippen molar-refractivity contribution >= 4 is 29.8 Å². The van der Waals surface area contributed by atoms with E-state index in [0.29, 0.717) is 17.1 Å². The van der Waals surface area contributed by atoms with E-state index in [1.54, 1.807) is 17.0 Å². The van der Waals surface area contributed by atoms with Crippen molar-refractivity contribution in [1.82, 2.24) is 14.1 Å². The highest BCUT2D eigenvalue weighted by atomic mass is 35.5. The van der Waals surface area contributed by atoms with Crippen molar-refractivity contribution in [2.75, 3.05) is 18.1 Å². The Morgan fingerprint density at radius 3 is 2.69 bits per heavy atom. The van der Waals surface area contributed by atoms with E-state index in [9.17, 15) is 18.4 Å². The maximum Gasteiger partial charge on any atom is 0.332 e. The summed E-state index contributed by atoms with van der Waals surface area (Å²) in [4.78, 5) is 40.7. The third-order valence-corrected chi connectivity index (χ3v) is 5.65. The molecule has 0 aliphatic carbocycles. The lowest BCUT2D eigenvalue weighted by Gasteiger charge is -2.27. The van der Waals surface area contributed by atoms with Crippen molar-refractivity contribution in [3.8, 4) is 0 Å². The largest absolute Gasteiger partial charge is 0.358 e. The zero-order valence-electron chi connectivity index (χ0n) is 19.1. The van der Waals surface area contributed by atoms with Crippen LogP contribution in [0.2, 0.25) is 5.02 Å². The first-order valence-corrected chi connectivity index (χ1v) is 11.1. The molecule has 186 valence electrons. The molecular weight excluding hydrogens is 482 g/mol. The van der Waals surface area contributed by atoms with Crippen molar-refractivity contribution < 1.29 is 13.6 Å². The molecule has 0 atom stereocenters. The monoisotopic (exact) mass is 506 g/mol. The topological polar surface area (TPSA) is 108 Å². The van der Waals surface area contributed by atoms with Crippen molar-refractivity contribution in [3.05, 3.63) is 85.3 Å². The Kier molecular flexibility index (Phi) is 8.85. The first-order chi connectivity index (χ1) is 16.8. The van der Waals surface area contributed by atoms with E-state index in [0.717, 1.165) is 10.6 Å². The van der Waals surface area contributed by atoms with E-state index in [4.69, 9.17) is 17.5 Å². The number of anilines is 1. The van der Waals surface area contributed by atoms with Gasteiger partial charge >= 0.3 is 5.69 Å². The molecule has 0 aliphatic rings. The molecule has 3 rings (SSSR count). The van der Waals surface area contributed by atoms with Gasteiger partial charge in [0.2, 0.25) is 0 Å². The average molecular weight is 507 g/mol. The van der Waals surface area contributed by atoms with Crippen LogP contribution >= 0.6 is 11.6 Å². The maximum absolute atomic E-state index is 14.3. The van der Waals surface area contributed by atoms with Crippen LogP contribution < -0.4 is 22.0 Å². The minimum absolute atomic E-state index is 0.0417. The van der Waals surface area contributed by atoms with Gasteiger partial charge in [-0.15, -0.1) is 0 Å². The Bertz CT molecular complexity index is 1310. The summed E-state index contributed by atoms with van der Waals surface area (Å²) in [5.41, 5.74) is -0.428. The van der Waals surface area contributed by atoms with Gasteiger partial charge in [-0.1, -0.05) is 23.7 Å². The van der Waals surface area contributed by atoms with E-state index in [1.165, 1.54) is 29.9 Å². The summed E-state index contributed by atoms with van der Waals surface area (Å²) in [6, 6.07) is 7.24. The predicted molar refractivity (Wildman–Crippen MR) is 130 cm³/mol. The fourth-order valence-corrected chi connectivity index (χ4v) is 3.78. The molecule has 12 heteroatoms. The Morgan fingerprint density at radius 1 is 1.26 bits per heavy atom. The molecule has 0 unspecified atom stereocenters. The molecule has 0 fully saturated rings. The number of benzene rings is 1. The van der Waals surface area contributed by atoms with Crippen LogP contribution in [0.3, 0.4) is 0 Å². The summed E-state index contributed by atoms with van der Waals surface area (Å²) in [5.74, 6) is 3.18. The Labute approximate surface area is 205 Å².